The maximum absolute atomic E-state index is 13.4. The first-order valence-corrected chi connectivity index (χ1v) is 7.73. The van der Waals surface area contributed by atoms with Crippen LogP contribution in [0, 0.1) is 5.82 Å². The molecule has 1 saturated heterocycles. The van der Waals surface area contributed by atoms with Crippen LogP contribution < -0.4 is 4.90 Å². The van der Waals surface area contributed by atoms with Crippen LogP contribution in [0.25, 0.3) is 0 Å². The number of benzene rings is 1. The minimum absolute atomic E-state index is 0.141. The molecule has 1 fully saturated rings. The lowest BCUT2D eigenvalue weighted by Gasteiger charge is -2.17. The van der Waals surface area contributed by atoms with Crippen molar-refractivity contribution in [2.75, 3.05) is 11.4 Å². The Morgan fingerprint density at radius 1 is 1.39 bits per heavy atom. The van der Waals surface area contributed by atoms with Crippen molar-refractivity contribution in [3.8, 4) is 0 Å². The Balaban J connectivity index is 1.85. The summed E-state index contributed by atoms with van der Waals surface area (Å²) in [6, 6.07) is 3.96. The predicted octanol–water partition coefficient (Wildman–Crippen LogP) is 3.68. The second kappa shape index (κ2) is 5.60. The van der Waals surface area contributed by atoms with Gasteiger partial charge in [0.1, 0.15) is 5.82 Å². The zero-order valence-electron chi connectivity index (χ0n) is 13.1. The van der Waals surface area contributed by atoms with Gasteiger partial charge in [-0.1, -0.05) is 37.5 Å². The molecule has 1 aromatic heterocycles. The van der Waals surface area contributed by atoms with Gasteiger partial charge < -0.3 is 9.42 Å². The van der Waals surface area contributed by atoms with Crippen molar-refractivity contribution in [3.05, 3.63) is 40.8 Å². The first kappa shape index (κ1) is 15.9. The van der Waals surface area contributed by atoms with Crippen molar-refractivity contribution < 1.29 is 13.7 Å². The van der Waals surface area contributed by atoms with Crippen LogP contribution in [0.1, 0.15) is 44.8 Å². The van der Waals surface area contributed by atoms with Crippen LogP contribution in [0.3, 0.4) is 0 Å². The van der Waals surface area contributed by atoms with Gasteiger partial charge in [-0.05, 0) is 18.2 Å². The number of hydrogen-bond acceptors (Lipinski definition) is 4. The van der Waals surface area contributed by atoms with Gasteiger partial charge in [0.25, 0.3) is 0 Å². The first-order valence-electron chi connectivity index (χ1n) is 7.35. The molecule has 1 aliphatic rings. The van der Waals surface area contributed by atoms with Crippen LogP contribution in [0.15, 0.2) is 22.7 Å². The van der Waals surface area contributed by atoms with Crippen molar-refractivity contribution in [2.24, 2.45) is 0 Å². The lowest BCUT2D eigenvalue weighted by molar-refractivity contribution is -0.117. The van der Waals surface area contributed by atoms with Gasteiger partial charge in [0.15, 0.2) is 5.82 Å². The van der Waals surface area contributed by atoms with Gasteiger partial charge in [0.05, 0.1) is 16.6 Å². The quantitative estimate of drug-likeness (QED) is 0.838. The Kier molecular flexibility index (Phi) is 3.88. The van der Waals surface area contributed by atoms with Crippen LogP contribution in [0.5, 0.6) is 0 Å². The van der Waals surface area contributed by atoms with Crippen LogP contribution in [-0.4, -0.2) is 22.6 Å². The third-order valence-corrected chi connectivity index (χ3v) is 4.11. The number of carbonyl (C=O) groups is 1. The van der Waals surface area contributed by atoms with Gasteiger partial charge in [-0.25, -0.2) is 4.39 Å². The minimum atomic E-state index is -0.437. The average molecular weight is 338 g/mol. The number of nitrogens with zero attached hydrogens (tertiary/aromatic N) is 3. The highest BCUT2D eigenvalue weighted by Gasteiger charge is 2.36. The van der Waals surface area contributed by atoms with Crippen LogP contribution >= 0.6 is 11.6 Å². The van der Waals surface area contributed by atoms with E-state index in [0.717, 1.165) is 0 Å². The Hall–Kier alpha value is -1.95. The number of carbonyl (C=O) groups excluding carboxylic acids is 1. The minimum Gasteiger partial charge on any atom is -0.339 e. The molecule has 1 atom stereocenters. The summed E-state index contributed by atoms with van der Waals surface area (Å²) in [7, 11) is 0. The van der Waals surface area contributed by atoms with E-state index in [1.54, 1.807) is 0 Å². The molecule has 1 aromatic carbocycles. The standard InChI is InChI=1S/C16H17ClFN3O2/c1-16(2,3)15-19-14(23-20-15)9-6-13(22)21(8-9)12-7-10(18)4-5-11(12)17/h4-5,7,9H,6,8H2,1-3H3. The number of amides is 1. The highest BCUT2D eigenvalue weighted by Crippen LogP contribution is 2.35. The molecule has 1 unspecified atom stereocenters. The molecule has 23 heavy (non-hydrogen) atoms. The van der Waals surface area contributed by atoms with Gasteiger partial charge in [-0.3, -0.25) is 4.79 Å². The highest BCUT2D eigenvalue weighted by molar-refractivity contribution is 6.33. The maximum Gasteiger partial charge on any atom is 0.232 e. The van der Waals surface area contributed by atoms with E-state index in [-0.39, 0.29) is 23.7 Å². The van der Waals surface area contributed by atoms with E-state index in [2.05, 4.69) is 10.1 Å². The second-order valence-corrected chi connectivity index (χ2v) is 7.11. The Labute approximate surface area is 138 Å². The molecule has 2 heterocycles. The number of halogens is 2. The molecule has 2 aromatic rings. The van der Waals surface area contributed by atoms with Gasteiger partial charge >= 0.3 is 0 Å². The number of anilines is 1. The summed E-state index contributed by atoms with van der Waals surface area (Å²) in [6.45, 7) is 6.30. The molecule has 3 rings (SSSR count). The third kappa shape index (κ3) is 3.08. The molecule has 5 nitrogen and oxygen atoms in total. The van der Waals surface area contributed by atoms with Crippen molar-refractivity contribution in [3.63, 3.8) is 0 Å². The van der Waals surface area contributed by atoms with E-state index < -0.39 is 5.82 Å². The zero-order valence-corrected chi connectivity index (χ0v) is 13.9. The molecule has 1 aliphatic heterocycles. The molecule has 7 heteroatoms. The normalized spacial score (nSPS) is 18.7. The molecule has 0 N–H and O–H groups in total. The van der Waals surface area contributed by atoms with E-state index in [1.807, 2.05) is 20.8 Å². The molecular formula is C16H17ClFN3O2. The number of aromatic nitrogens is 2. The van der Waals surface area contributed by atoms with E-state index in [1.165, 1.54) is 23.1 Å². The molecular weight excluding hydrogens is 321 g/mol. The summed E-state index contributed by atoms with van der Waals surface area (Å²) in [5.74, 6) is 0.234. The lowest BCUT2D eigenvalue weighted by Crippen LogP contribution is -2.24. The van der Waals surface area contributed by atoms with Crippen LogP contribution in [0.2, 0.25) is 5.02 Å². The van der Waals surface area contributed by atoms with Gasteiger partial charge in [0, 0.05) is 18.4 Å². The number of rotatable bonds is 2. The maximum atomic E-state index is 13.4. The summed E-state index contributed by atoms with van der Waals surface area (Å²) >= 11 is 6.09. The van der Waals surface area contributed by atoms with Crippen molar-refractivity contribution in [1.29, 1.82) is 0 Å². The van der Waals surface area contributed by atoms with Gasteiger partial charge in [-0.15, -0.1) is 0 Å². The Morgan fingerprint density at radius 2 is 2.13 bits per heavy atom. The fourth-order valence-electron chi connectivity index (χ4n) is 2.50. The summed E-state index contributed by atoms with van der Waals surface area (Å²) in [4.78, 5) is 18.2. The SMILES string of the molecule is CC(C)(C)c1noc(C2CC(=O)N(c3cc(F)ccc3Cl)C2)n1. The molecule has 1 amide bonds. The summed E-state index contributed by atoms with van der Waals surface area (Å²) in [6.07, 6.45) is 0.235. The van der Waals surface area contributed by atoms with E-state index in [4.69, 9.17) is 16.1 Å². The van der Waals surface area contributed by atoms with Gasteiger partial charge in [-0.2, -0.15) is 4.98 Å². The third-order valence-electron chi connectivity index (χ3n) is 3.79. The summed E-state index contributed by atoms with van der Waals surface area (Å²) < 4.78 is 18.8. The average Bonchev–Trinajstić information content (AvgIpc) is 3.07. The summed E-state index contributed by atoms with van der Waals surface area (Å²) in [5.41, 5.74) is 0.144. The molecule has 0 bridgehead atoms. The monoisotopic (exact) mass is 337 g/mol. The van der Waals surface area contributed by atoms with E-state index in [0.29, 0.717) is 29.0 Å². The first-order chi connectivity index (χ1) is 10.8. The van der Waals surface area contributed by atoms with E-state index >= 15 is 0 Å². The molecule has 0 aliphatic carbocycles. The van der Waals surface area contributed by atoms with Crippen LogP contribution in [0.4, 0.5) is 10.1 Å². The fourth-order valence-corrected chi connectivity index (χ4v) is 2.72. The predicted molar refractivity (Wildman–Crippen MR) is 84.1 cm³/mol. The fraction of sp³-hybridized carbons (Fsp3) is 0.438. The van der Waals surface area contributed by atoms with Crippen molar-refractivity contribution in [1.82, 2.24) is 10.1 Å². The number of hydrogen-bond donors (Lipinski definition) is 0. The largest absolute Gasteiger partial charge is 0.339 e. The highest BCUT2D eigenvalue weighted by atomic mass is 35.5. The van der Waals surface area contributed by atoms with Crippen molar-refractivity contribution in [2.45, 2.75) is 38.5 Å². The Bertz CT molecular complexity index is 754. The van der Waals surface area contributed by atoms with Crippen molar-refractivity contribution >= 4 is 23.2 Å². The summed E-state index contributed by atoms with van der Waals surface area (Å²) in [5, 5.41) is 4.32. The zero-order chi connectivity index (χ0) is 16.8. The molecule has 122 valence electrons. The lowest BCUT2D eigenvalue weighted by atomic mass is 9.96. The van der Waals surface area contributed by atoms with Gasteiger partial charge in [0.2, 0.25) is 11.8 Å². The van der Waals surface area contributed by atoms with E-state index in [9.17, 15) is 9.18 Å². The topological polar surface area (TPSA) is 59.2 Å². The smallest absolute Gasteiger partial charge is 0.232 e. The molecule has 0 radical (unpaired) electrons. The molecule has 0 spiro atoms. The second-order valence-electron chi connectivity index (χ2n) is 6.71. The van der Waals surface area contributed by atoms with Crippen LogP contribution in [-0.2, 0) is 10.2 Å². The molecule has 0 saturated carbocycles. The Morgan fingerprint density at radius 3 is 2.78 bits per heavy atom.